The highest BCUT2D eigenvalue weighted by atomic mass is 16.5. The van der Waals surface area contributed by atoms with E-state index in [1.807, 2.05) is 17.0 Å². The van der Waals surface area contributed by atoms with Crippen LogP contribution in [0.1, 0.15) is 17.5 Å². The molecule has 19 heavy (non-hydrogen) atoms. The summed E-state index contributed by atoms with van der Waals surface area (Å²) in [7, 11) is 0. The molecule has 0 aliphatic carbocycles. The maximum atomic E-state index is 11.4. The van der Waals surface area contributed by atoms with Crippen LogP contribution in [0.15, 0.2) is 24.3 Å². The van der Waals surface area contributed by atoms with Crippen molar-refractivity contribution in [1.29, 1.82) is 0 Å². The maximum Gasteiger partial charge on any atom is 0.320 e. The molecule has 2 rings (SSSR count). The van der Waals surface area contributed by atoms with Gasteiger partial charge in [-0.15, -0.1) is 0 Å². The van der Waals surface area contributed by atoms with E-state index in [1.165, 1.54) is 11.1 Å². The van der Waals surface area contributed by atoms with Crippen LogP contribution in [0.2, 0.25) is 0 Å². The van der Waals surface area contributed by atoms with Gasteiger partial charge in [0.15, 0.2) is 0 Å². The fourth-order valence-electron chi connectivity index (χ4n) is 2.53. The average molecular weight is 263 g/mol. The molecule has 1 aliphatic heterocycles. The summed E-state index contributed by atoms with van der Waals surface area (Å²) >= 11 is 0. The smallest absolute Gasteiger partial charge is 0.320 e. The van der Waals surface area contributed by atoms with Crippen LogP contribution in [-0.2, 0) is 16.0 Å². The van der Waals surface area contributed by atoms with Crippen molar-refractivity contribution < 1.29 is 14.6 Å². The second-order valence-corrected chi connectivity index (χ2v) is 4.97. The molecule has 0 radical (unpaired) electrons. The van der Waals surface area contributed by atoms with Crippen LogP contribution in [0.25, 0.3) is 0 Å². The molecule has 1 fully saturated rings. The predicted molar refractivity (Wildman–Crippen MR) is 73.3 cm³/mol. The SMILES string of the molecule is Cc1ccccc1CCC(C(=O)O)N1CCOCC1. The molecule has 0 saturated carbocycles. The Balaban J connectivity index is 1.97. The number of carbonyl (C=O) groups is 1. The van der Waals surface area contributed by atoms with Gasteiger partial charge in [-0.05, 0) is 30.9 Å². The van der Waals surface area contributed by atoms with E-state index >= 15 is 0 Å². The van der Waals surface area contributed by atoms with Crippen molar-refractivity contribution in [3.63, 3.8) is 0 Å². The van der Waals surface area contributed by atoms with Crippen molar-refractivity contribution in [2.24, 2.45) is 0 Å². The Bertz CT molecular complexity index is 427. The lowest BCUT2D eigenvalue weighted by molar-refractivity contribution is -0.145. The van der Waals surface area contributed by atoms with E-state index in [1.54, 1.807) is 0 Å². The van der Waals surface area contributed by atoms with E-state index in [4.69, 9.17) is 4.74 Å². The van der Waals surface area contributed by atoms with Gasteiger partial charge in [0.2, 0.25) is 0 Å². The van der Waals surface area contributed by atoms with Crippen LogP contribution >= 0.6 is 0 Å². The molecule has 1 saturated heterocycles. The molecule has 1 aromatic rings. The summed E-state index contributed by atoms with van der Waals surface area (Å²) in [6.07, 6.45) is 1.46. The van der Waals surface area contributed by atoms with Crippen LogP contribution in [0.3, 0.4) is 0 Å². The molecule has 0 bridgehead atoms. The van der Waals surface area contributed by atoms with Gasteiger partial charge in [-0.1, -0.05) is 24.3 Å². The maximum absolute atomic E-state index is 11.4. The highest BCUT2D eigenvalue weighted by molar-refractivity contribution is 5.73. The van der Waals surface area contributed by atoms with Gasteiger partial charge in [0.1, 0.15) is 6.04 Å². The zero-order chi connectivity index (χ0) is 13.7. The number of nitrogens with zero attached hydrogens (tertiary/aromatic N) is 1. The zero-order valence-electron chi connectivity index (χ0n) is 11.3. The number of hydrogen-bond acceptors (Lipinski definition) is 3. The fourth-order valence-corrected chi connectivity index (χ4v) is 2.53. The first-order chi connectivity index (χ1) is 9.18. The molecule has 1 aliphatic rings. The summed E-state index contributed by atoms with van der Waals surface area (Å²) in [6.45, 7) is 4.76. The van der Waals surface area contributed by atoms with Gasteiger partial charge in [-0.3, -0.25) is 9.69 Å². The van der Waals surface area contributed by atoms with Gasteiger partial charge in [-0.25, -0.2) is 0 Å². The second-order valence-electron chi connectivity index (χ2n) is 4.97. The van der Waals surface area contributed by atoms with E-state index in [0.717, 1.165) is 6.42 Å². The summed E-state index contributed by atoms with van der Waals surface area (Å²) in [5.41, 5.74) is 2.47. The van der Waals surface area contributed by atoms with Crippen molar-refractivity contribution in [1.82, 2.24) is 4.90 Å². The second kappa shape index (κ2) is 6.68. The number of carboxylic acids is 1. The molecule has 1 unspecified atom stereocenters. The third kappa shape index (κ3) is 3.78. The van der Waals surface area contributed by atoms with Gasteiger partial charge in [-0.2, -0.15) is 0 Å². The first-order valence-corrected chi connectivity index (χ1v) is 6.77. The van der Waals surface area contributed by atoms with Crippen molar-refractivity contribution in [3.8, 4) is 0 Å². The normalized spacial score (nSPS) is 18.2. The third-order valence-electron chi connectivity index (χ3n) is 3.72. The Morgan fingerprint density at radius 3 is 2.68 bits per heavy atom. The van der Waals surface area contributed by atoms with E-state index in [2.05, 4.69) is 19.1 Å². The summed E-state index contributed by atoms with van der Waals surface area (Å²) < 4.78 is 5.28. The van der Waals surface area contributed by atoms with E-state index in [-0.39, 0.29) is 0 Å². The molecule has 1 atom stereocenters. The quantitative estimate of drug-likeness (QED) is 0.878. The number of aliphatic carboxylic acids is 1. The van der Waals surface area contributed by atoms with E-state index < -0.39 is 12.0 Å². The summed E-state index contributed by atoms with van der Waals surface area (Å²) in [6, 6.07) is 7.76. The van der Waals surface area contributed by atoms with Crippen LogP contribution in [0, 0.1) is 6.92 Å². The lowest BCUT2D eigenvalue weighted by atomic mass is 10.00. The molecule has 0 aromatic heterocycles. The van der Waals surface area contributed by atoms with Gasteiger partial charge >= 0.3 is 5.97 Å². The number of morpholine rings is 1. The molecule has 4 heteroatoms. The topological polar surface area (TPSA) is 49.8 Å². The van der Waals surface area contributed by atoms with Crippen molar-refractivity contribution >= 4 is 5.97 Å². The Hall–Kier alpha value is -1.39. The van der Waals surface area contributed by atoms with Crippen molar-refractivity contribution in [3.05, 3.63) is 35.4 Å². The van der Waals surface area contributed by atoms with Crippen LogP contribution in [-0.4, -0.2) is 48.3 Å². The minimum Gasteiger partial charge on any atom is -0.480 e. The minimum absolute atomic E-state index is 0.400. The first-order valence-electron chi connectivity index (χ1n) is 6.77. The van der Waals surface area contributed by atoms with Crippen molar-refractivity contribution in [2.75, 3.05) is 26.3 Å². The molecule has 1 N–H and O–H groups in total. The van der Waals surface area contributed by atoms with Crippen LogP contribution in [0.4, 0.5) is 0 Å². The van der Waals surface area contributed by atoms with Crippen molar-refractivity contribution in [2.45, 2.75) is 25.8 Å². The Morgan fingerprint density at radius 2 is 2.05 bits per heavy atom. The molecule has 0 amide bonds. The first kappa shape index (κ1) is 14.0. The minimum atomic E-state index is -0.726. The number of ether oxygens (including phenoxy) is 1. The standard InChI is InChI=1S/C15H21NO3/c1-12-4-2-3-5-13(12)6-7-14(15(17)18)16-8-10-19-11-9-16/h2-5,14H,6-11H2,1H3,(H,17,18). The highest BCUT2D eigenvalue weighted by Crippen LogP contribution is 2.15. The fraction of sp³-hybridized carbons (Fsp3) is 0.533. The molecule has 104 valence electrons. The molecule has 0 spiro atoms. The Labute approximate surface area is 114 Å². The number of hydrogen-bond donors (Lipinski definition) is 1. The summed E-state index contributed by atoms with van der Waals surface area (Å²) in [4.78, 5) is 13.4. The van der Waals surface area contributed by atoms with E-state index in [9.17, 15) is 9.90 Å². The Morgan fingerprint density at radius 1 is 1.37 bits per heavy atom. The lowest BCUT2D eigenvalue weighted by Gasteiger charge is -2.32. The average Bonchev–Trinajstić information content (AvgIpc) is 2.42. The number of aryl methyl sites for hydroxylation is 2. The van der Waals surface area contributed by atoms with Crippen LogP contribution in [0.5, 0.6) is 0 Å². The van der Waals surface area contributed by atoms with Crippen LogP contribution < -0.4 is 0 Å². The third-order valence-corrected chi connectivity index (χ3v) is 3.72. The molecular weight excluding hydrogens is 242 g/mol. The summed E-state index contributed by atoms with van der Waals surface area (Å²) in [5, 5.41) is 9.39. The highest BCUT2D eigenvalue weighted by Gasteiger charge is 2.26. The van der Waals surface area contributed by atoms with Gasteiger partial charge in [0, 0.05) is 13.1 Å². The summed E-state index contributed by atoms with van der Waals surface area (Å²) in [5.74, 6) is -0.726. The number of carboxylic acid groups (broad SMARTS) is 1. The number of rotatable bonds is 5. The molecular formula is C15H21NO3. The monoisotopic (exact) mass is 263 g/mol. The molecule has 1 aromatic carbocycles. The Kier molecular flexibility index (Phi) is 4.93. The van der Waals surface area contributed by atoms with Gasteiger partial charge < -0.3 is 9.84 Å². The molecule has 1 heterocycles. The molecule has 4 nitrogen and oxygen atoms in total. The van der Waals surface area contributed by atoms with Gasteiger partial charge in [0.05, 0.1) is 13.2 Å². The zero-order valence-corrected chi connectivity index (χ0v) is 11.3. The number of benzene rings is 1. The largest absolute Gasteiger partial charge is 0.480 e. The van der Waals surface area contributed by atoms with Gasteiger partial charge in [0.25, 0.3) is 0 Å². The lowest BCUT2D eigenvalue weighted by Crippen LogP contribution is -2.47. The predicted octanol–water partition coefficient (Wildman–Crippen LogP) is 1.71. The van der Waals surface area contributed by atoms with E-state index in [0.29, 0.717) is 32.7 Å².